The van der Waals surface area contributed by atoms with E-state index in [2.05, 4.69) is 4.98 Å². The first-order valence-corrected chi connectivity index (χ1v) is 8.89. The molecule has 1 aliphatic heterocycles. The molecule has 1 N–H and O–H groups in total. The fourth-order valence-electron chi connectivity index (χ4n) is 3.84. The van der Waals surface area contributed by atoms with Crippen molar-refractivity contribution < 1.29 is 9.59 Å². The van der Waals surface area contributed by atoms with Gasteiger partial charge in [0.1, 0.15) is 17.4 Å². The van der Waals surface area contributed by atoms with Crippen LogP contribution in [0.25, 0.3) is 0 Å². The maximum Gasteiger partial charge on any atom is 0.266 e. The van der Waals surface area contributed by atoms with Gasteiger partial charge in [-0.1, -0.05) is 30.3 Å². The molecule has 6 heteroatoms. The summed E-state index contributed by atoms with van der Waals surface area (Å²) in [4.78, 5) is 41.2. The van der Waals surface area contributed by atoms with E-state index in [0.717, 1.165) is 5.56 Å². The topological polar surface area (TPSA) is 94.0 Å². The number of rotatable bonds is 3. The van der Waals surface area contributed by atoms with Crippen molar-refractivity contribution in [1.82, 2.24) is 9.88 Å². The van der Waals surface area contributed by atoms with Crippen LogP contribution in [0.2, 0.25) is 0 Å². The molecule has 1 aromatic heterocycles. The number of carbonyl (C=O) groups is 2. The Morgan fingerprint density at radius 2 is 1.81 bits per heavy atom. The zero-order valence-corrected chi connectivity index (χ0v) is 15.4. The lowest BCUT2D eigenvalue weighted by Crippen LogP contribution is -2.48. The Bertz CT molecular complexity index is 978. The highest BCUT2D eigenvalue weighted by atomic mass is 16.2. The van der Waals surface area contributed by atoms with Gasteiger partial charge >= 0.3 is 0 Å². The van der Waals surface area contributed by atoms with E-state index in [-0.39, 0.29) is 17.3 Å². The van der Waals surface area contributed by atoms with Crippen LogP contribution in [0.5, 0.6) is 0 Å². The number of ketones is 1. The first kappa shape index (κ1) is 18.6. The van der Waals surface area contributed by atoms with Crippen LogP contribution in [0.3, 0.4) is 0 Å². The Labute approximate surface area is 157 Å². The second kappa shape index (κ2) is 7.20. The van der Waals surface area contributed by atoms with Gasteiger partial charge in [0.25, 0.3) is 11.5 Å². The molecular formula is C21H21N3O3. The Balaban J connectivity index is 1.85. The van der Waals surface area contributed by atoms with Crippen LogP contribution in [-0.2, 0) is 10.2 Å². The van der Waals surface area contributed by atoms with Crippen molar-refractivity contribution >= 4 is 11.7 Å². The normalized spacial score (nSPS) is 15.8. The molecule has 1 saturated heterocycles. The number of amides is 1. The van der Waals surface area contributed by atoms with E-state index >= 15 is 0 Å². The van der Waals surface area contributed by atoms with Gasteiger partial charge < -0.3 is 9.88 Å². The fraction of sp³-hybridized carbons (Fsp3) is 0.333. The van der Waals surface area contributed by atoms with Crippen molar-refractivity contribution in [3.8, 4) is 6.07 Å². The molecule has 1 amide bonds. The standard InChI is InChI=1S/C21H21N3O3/c1-14-17(12-22)19(26)23-13-18(14)20(27)24-10-8-21(9-11-24,15(2)25)16-6-4-3-5-7-16/h3-7,13H,8-11H2,1-2H3,(H,23,26). The molecule has 138 valence electrons. The number of carbonyl (C=O) groups excluding carboxylic acids is 2. The second-order valence-electron chi connectivity index (χ2n) is 6.94. The summed E-state index contributed by atoms with van der Waals surface area (Å²) in [6, 6.07) is 11.5. The Kier molecular flexibility index (Phi) is 4.95. The monoisotopic (exact) mass is 363 g/mol. The summed E-state index contributed by atoms with van der Waals surface area (Å²) in [5, 5.41) is 9.14. The third-order valence-corrected chi connectivity index (χ3v) is 5.60. The molecular weight excluding hydrogens is 342 g/mol. The minimum atomic E-state index is -0.574. The summed E-state index contributed by atoms with van der Waals surface area (Å²) in [5.74, 6) is -0.127. The van der Waals surface area contributed by atoms with Crippen LogP contribution in [0.15, 0.2) is 41.3 Å². The van der Waals surface area contributed by atoms with E-state index in [1.807, 2.05) is 36.4 Å². The number of nitriles is 1. The second-order valence-corrected chi connectivity index (χ2v) is 6.94. The van der Waals surface area contributed by atoms with Crippen LogP contribution in [0.1, 0.15) is 46.8 Å². The highest BCUT2D eigenvalue weighted by molar-refractivity contribution is 5.96. The Hall–Kier alpha value is -3.20. The van der Waals surface area contributed by atoms with E-state index in [1.54, 1.807) is 18.7 Å². The number of pyridine rings is 1. The number of hydrogen-bond acceptors (Lipinski definition) is 4. The summed E-state index contributed by atoms with van der Waals surface area (Å²) < 4.78 is 0. The van der Waals surface area contributed by atoms with Crippen LogP contribution in [0.4, 0.5) is 0 Å². The number of Topliss-reactive ketones (excluding diaryl/α,β-unsaturated/α-hetero) is 1. The lowest BCUT2D eigenvalue weighted by atomic mass is 9.70. The number of aromatic amines is 1. The van der Waals surface area contributed by atoms with E-state index in [9.17, 15) is 14.4 Å². The van der Waals surface area contributed by atoms with E-state index in [1.165, 1.54) is 6.20 Å². The molecule has 1 aromatic carbocycles. The first-order chi connectivity index (χ1) is 12.9. The van der Waals surface area contributed by atoms with Gasteiger partial charge in [0, 0.05) is 19.3 Å². The van der Waals surface area contributed by atoms with Crippen molar-refractivity contribution in [1.29, 1.82) is 5.26 Å². The molecule has 27 heavy (non-hydrogen) atoms. The zero-order valence-electron chi connectivity index (χ0n) is 15.4. The largest absolute Gasteiger partial charge is 0.339 e. The predicted molar refractivity (Wildman–Crippen MR) is 100 cm³/mol. The average Bonchev–Trinajstić information content (AvgIpc) is 2.68. The molecule has 6 nitrogen and oxygen atoms in total. The van der Waals surface area contributed by atoms with Crippen LogP contribution >= 0.6 is 0 Å². The molecule has 0 atom stereocenters. The molecule has 1 fully saturated rings. The number of nitrogens with one attached hydrogen (secondary N) is 1. The Morgan fingerprint density at radius 1 is 1.19 bits per heavy atom. The minimum Gasteiger partial charge on any atom is -0.339 e. The van der Waals surface area contributed by atoms with Crippen molar-refractivity contribution in [2.45, 2.75) is 32.1 Å². The molecule has 0 radical (unpaired) electrons. The summed E-state index contributed by atoms with van der Waals surface area (Å²) in [5.41, 5.74) is 0.580. The van der Waals surface area contributed by atoms with Gasteiger partial charge in [0.15, 0.2) is 0 Å². The summed E-state index contributed by atoms with van der Waals surface area (Å²) in [6.07, 6.45) is 2.46. The highest BCUT2D eigenvalue weighted by Gasteiger charge is 2.41. The van der Waals surface area contributed by atoms with Crippen LogP contribution in [0, 0.1) is 18.3 Å². The van der Waals surface area contributed by atoms with E-state index in [4.69, 9.17) is 5.26 Å². The lowest BCUT2D eigenvalue weighted by molar-refractivity contribution is -0.124. The number of piperidine rings is 1. The maximum atomic E-state index is 12.9. The van der Waals surface area contributed by atoms with Gasteiger partial charge in [-0.2, -0.15) is 5.26 Å². The molecule has 0 saturated carbocycles. The molecule has 2 heterocycles. The third kappa shape index (κ3) is 3.17. The smallest absolute Gasteiger partial charge is 0.266 e. The van der Waals surface area contributed by atoms with Gasteiger partial charge in [0.05, 0.1) is 11.0 Å². The van der Waals surface area contributed by atoms with Gasteiger partial charge in [0.2, 0.25) is 0 Å². The third-order valence-electron chi connectivity index (χ3n) is 5.60. The Morgan fingerprint density at radius 3 is 2.37 bits per heavy atom. The molecule has 0 aliphatic carbocycles. The number of aromatic nitrogens is 1. The molecule has 3 rings (SSSR count). The lowest BCUT2D eigenvalue weighted by Gasteiger charge is -2.40. The molecule has 2 aromatic rings. The molecule has 0 spiro atoms. The maximum absolute atomic E-state index is 12.9. The minimum absolute atomic E-state index is 0.0415. The summed E-state index contributed by atoms with van der Waals surface area (Å²) >= 11 is 0. The highest BCUT2D eigenvalue weighted by Crippen LogP contribution is 2.36. The average molecular weight is 363 g/mol. The van der Waals surface area contributed by atoms with Crippen molar-refractivity contribution in [3.05, 3.63) is 69.1 Å². The first-order valence-electron chi connectivity index (χ1n) is 8.89. The molecule has 0 unspecified atom stereocenters. The zero-order chi connectivity index (χ0) is 19.6. The van der Waals surface area contributed by atoms with Crippen molar-refractivity contribution in [3.63, 3.8) is 0 Å². The van der Waals surface area contributed by atoms with Gasteiger partial charge in [-0.05, 0) is 37.8 Å². The number of hydrogen-bond donors (Lipinski definition) is 1. The fourth-order valence-corrected chi connectivity index (χ4v) is 3.84. The van der Waals surface area contributed by atoms with Gasteiger partial charge in [-0.3, -0.25) is 14.4 Å². The molecule has 1 aliphatic rings. The van der Waals surface area contributed by atoms with Crippen molar-refractivity contribution in [2.75, 3.05) is 13.1 Å². The molecule has 0 bridgehead atoms. The predicted octanol–water partition coefficient (Wildman–Crippen LogP) is 2.32. The van der Waals surface area contributed by atoms with E-state index < -0.39 is 11.0 Å². The van der Waals surface area contributed by atoms with Gasteiger partial charge in [-0.25, -0.2) is 0 Å². The van der Waals surface area contributed by atoms with Crippen molar-refractivity contribution in [2.24, 2.45) is 0 Å². The summed E-state index contributed by atoms with van der Waals surface area (Å²) in [6.45, 7) is 4.09. The number of H-pyrrole nitrogens is 1. The van der Waals surface area contributed by atoms with Gasteiger partial charge in [-0.15, -0.1) is 0 Å². The van der Waals surface area contributed by atoms with Crippen LogP contribution in [-0.4, -0.2) is 34.7 Å². The van der Waals surface area contributed by atoms with Crippen LogP contribution < -0.4 is 5.56 Å². The SMILES string of the molecule is CC(=O)C1(c2ccccc2)CCN(C(=O)c2c[nH]c(=O)c(C#N)c2C)CC1. The quantitative estimate of drug-likeness (QED) is 0.905. The number of benzene rings is 1. The van der Waals surface area contributed by atoms with E-state index in [0.29, 0.717) is 37.1 Å². The summed E-state index contributed by atoms with van der Waals surface area (Å²) in [7, 11) is 0. The number of likely N-dealkylation sites (tertiary alicyclic amines) is 1. The number of nitrogens with zero attached hydrogens (tertiary/aromatic N) is 2.